The van der Waals surface area contributed by atoms with Crippen LogP contribution in [0.25, 0.3) is 0 Å². The number of hydrogen-bond donors (Lipinski definition) is 1. The van der Waals surface area contributed by atoms with Gasteiger partial charge < -0.3 is 20.0 Å². The Kier molecular flexibility index (Phi) is 9.25. The van der Waals surface area contributed by atoms with Gasteiger partial charge in [0, 0.05) is 72.5 Å². The first-order chi connectivity index (χ1) is 14.3. The molecule has 1 aromatic rings. The maximum Gasteiger partial charge on any atom is 0.193 e. The summed E-state index contributed by atoms with van der Waals surface area (Å²) in [5.41, 5.74) is 1.40. The molecule has 0 spiro atoms. The van der Waals surface area contributed by atoms with Gasteiger partial charge in [0.2, 0.25) is 0 Å². The monoisotopic (exact) mass is 400 g/mol. The van der Waals surface area contributed by atoms with Crippen LogP contribution in [0.1, 0.15) is 25.3 Å². The van der Waals surface area contributed by atoms with Crippen molar-refractivity contribution in [2.24, 2.45) is 4.99 Å². The summed E-state index contributed by atoms with van der Waals surface area (Å²) in [7, 11) is 1.91. The van der Waals surface area contributed by atoms with Crippen molar-refractivity contribution >= 4 is 5.96 Å². The third-order valence-electron chi connectivity index (χ3n) is 6.23. The summed E-state index contributed by atoms with van der Waals surface area (Å²) in [5.74, 6) is 1.07. The van der Waals surface area contributed by atoms with Gasteiger partial charge in [0.15, 0.2) is 5.96 Å². The molecule has 2 heterocycles. The largest absolute Gasteiger partial charge is 0.356 e. The second-order valence-corrected chi connectivity index (χ2v) is 8.21. The minimum atomic E-state index is 1.02. The molecule has 6 nitrogen and oxygen atoms in total. The van der Waals surface area contributed by atoms with E-state index in [2.05, 4.69) is 67.2 Å². The van der Waals surface area contributed by atoms with E-state index in [1.54, 1.807) is 0 Å². The lowest BCUT2D eigenvalue weighted by molar-refractivity contribution is 0.136. The van der Waals surface area contributed by atoms with Crippen molar-refractivity contribution in [2.45, 2.75) is 26.3 Å². The molecule has 2 saturated heterocycles. The number of benzene rings is 1. The minimum Gasteiger partial charge on any atom is -0.356 e. The lowest BCUT2D eigenvalue weighted by Gasteiger charge is -2.36. The maximum atomic E-state index is 4.52. The quantitative estimate of drug-likeness (QED) is 0.409. The Morgan fingerprint density at radius 1 is 0.862 bits per heavy atom. The second kappa shape index (κ2) is 12.2. The van der Waals surface area contributed by atoms with Crippen molar-refractivity contribution in [3.8, 4) is 0 Å². The van der Waals surface area contributed by atoms with Gasteiger partial charge in [-0.2, -0.15) is 0 Å². The summed E-state index contributed by atoms with van der Waals surface area (Å²) in [6, 6.07) is 10.8. The van der Waals surface area contributed by atoms with Crippen molar-refractivity contribution in [3.63, 3.8) is 0 Å². The summed E-state index contributed by atoms with van der Waals surface area (Å²) in [4.78, 5) is 14.6. The van der Waals surface area contributed by atoms with E-state index >= 15 is 0 Å². The highest BCUT2D eigenvalue weighted by molar-refractivity contribution is 5.79. The third-order valence-corrected chi connectivity index (χ3v) is 6.23. The van der Waals surface area contributed by atoms with Gasteiger partial charge in [-0.05, 0) is 31.5 Å². The fraction of sp³-hybridized carbons (Fsp3) is 0.696. The van der Waals surface area contributed by atoms with Gasteiger partial charge in [-0.25, -0.2) is 0 Å². The molecule has 0 saturated carbocycles. The standard InChI is InChI=1S/C23H40N6/c1-3-26-13-15-27(16-14-26)12-8-7-11-25-23(24-2)29-19-17-28(18-20-29)21-22-9-5-4-6-10-22/h4-6,9-10H,3,7-8,11-21H2,1-2H3,(H,24,25). The van der Waals surface area contributed by atoms with Gasteiger partial charge in [-0.1, -0.05) is 37.3 Å². The molecule has 1 N–H and O–H groups in total. The maximum absolute atomic E-state index is 4.52. The van der Waals surface area contributed by atoms with Gasteiger partial charge in [0.25, 0.3) is 0 Å². The van der Waals surface area contributed by atoms with Crippen molar-refractivity contribution in [1.29, 1.82) is 0 Å². The second-order valence-electron chi connectivity index (χ2n) is 8.21. The van der Waals surface area contributed by atoms with Crippen LogP contribution in [0.15, 0.2) is 35.3 Å². The summed E-state index contributed by atoms with van der Waals surface area (Å²) in [5, 5.41) is 3.59. The van der Waals surface area contributed by atoms with E-state index in [-0.39, 0.29) is 0 Å². The molecule has 0 bridgehead atoms. The van der Waals surface area contributed by atoms with E-state index in [0.717, 1.165) is 45.2 Å². The smallest absolute Gasteiger partial charge is 0.193 e. The highest BCUT2D eigenvalue weighted by atomic mass is 15.3. The number of likely N-dealkylation sites (N-methyl/N-ethyl adjacent to an activating group) is 1. The number of unbranched alkanes of at least 4 members (excludes halogenated alkanes) is 1. The summed E-state index contributed by atoms with van der Waals surface area (Å²) in [6.45, 7) is 16.0. The predicted octanol–water partition coefficient (Wildman–Crippen LogP) is 1.80. The molecule has 29 heavy (non-hydrogen) atoms. The first kappa shape index (κ1) is 22.1. The molecular weight excluding hydrogens is 360 g/mol. The van der Waals surface area contributed by atoms with Crippen molar-refractivity contribution in [2.75, 3.05) is 79.0 Å². The fourth-order valence-electron chi connectivity index (χ4n) is 4.28. The van der Waals surface area contributed by atoms with Crippen molar-refractivity contribution < 1.29 is 0 Å². The van der Waals surface area contributed by atoms with Crippen molar-refractivity contribution in [3.05, 3.63) is 35.9 Å². The zero-order valence-electron chi connectivity index (χ0n) is 18.5. The number of rotatable bonds is 8. The van der Waals surface area contributed by atoms with Crippen LogP contribution in [0.4, 0.5) is 0 Å². The van der Waals surface area contributed by atoms with Crippen LogP contribution < -0.4 is 5.32 Å². The average molecular weight is 401 g/mol. The molecule has 2 aliphatic rings. The van der Waals surface area contributed by atoms with Gasteiger partial charge in [0.1, 0.15) is 0 Å². The number of aliphatic imine (C=N–C) groups is 1. The highest BCUT2D eigenvalue weighted by Gasteiger charge is 2.19. The molecule has 0 aromatic heterocycles. The highest BCUT2D eigenvalue weighted by Crippen LogP contribution is 2.09. The summed E-state index contributed by atoms with van der Waals surface area (Å²) >= 11 is 0. The number of nitrogens with one attached hydrogen (secondary N) is 1. The Hall–Kier alpha value is -1.63. The van der Waals surface area contributed by atoms with Gasteiger partial charge >= 0.3 is 0 Å². The third kappa shape index (κ3) is 7.28. The van der Waals surface area contributed by atoms with E-state index in [9.17, 15) is 0 Å². The van der Waals surface area contributed by atoms with Crippen LogP contribution in [-0.2, 0) is 6.54 Å². The Morgan fingerprint density at radius 2 is 1.52 bits per heavy atom. The van der Waals surface area contributed by atoms with E-state index in [1.807, 2.05) is 7.05 Å². The molecule has 3 rings (SSSR count). The van der Waals surface area contributed by atoms with Crippen LogP contribution >= 0.6 is 0 Å². The number of nitrogens with zero attached hydrogens (tertiary/aromatic N) is 5. The van der Waals surface area contributed by atoms with Crippen LogP contribution in [0.3, 0.4) is 0 Å². The Balaban J connectivity index is 1.28. The van der Waals surface area contributed by atoms with Gasteiger partial charge in [-0.15, -0.1) is 0 Å². The number of guanidine groups is 1. The van der Waals surface area contributed by atoms with Crippen LogP contribution in [0.5, 0.6) is 0 Å². The molecule has 0 amide bonds. The topological polar surface area (TPSA) is 37.4 Å². The Bertz CT molecular complexity index is 589. The van der Waals surface area contributed by atoms with Crippen LogP contribution in [0, 0.1) is 0 Å². The Morgan fingerprint density at radius 3 is 2.17 bits per heavy atom. The summed E-state index contributed by atoms with van der Waals surface area (Å²) < 4.78 is 0. The predicted molar refractivity (Wildman–Crippen MR) is 122 cm³/mol. The Labute approximate surface area is 177 Å². The van der Waals surface area contributed by atoms with E-state index in [4.69, 9.17) is 0 Å². The molecule has 2 aliphatic heterocycles. The fourth-order valence-corrected chi connectivity index (χ4v) is 4.28. The zero-order valence-corrected chi connectivity index (χ0v) is 18.5. The molecule has 162 valence electrons. The van der Waals surface area contributed by atoms with E-state index in [1.165, 1.54) is 57.7 Å². The molecule has 0 aliphatic carbocycles. The summed E-state index contributed by atoms with van der Waals surface area (Å²) in [6.07, 6.45) is 2.47. The van der Waals surface area contributed by atoms with Crippen LogP contribution in [0.2, 0.25) is 0 Å². The molecule has 0 unspecified atom stereocenters. The molecule has 2 fully saturated rings. The first-order valence-corrected chi connectivity index (χ1v) is 11.4. The molecule has 0 atom stereocenters. The van der Waals surface area contributed by atoms with Crippen molar-refractivity contribution in [1.82, 2.24) is 24.9 Å². The minimum absolute atomic E-state index is 1.02. The van der Waals surface area contributed by atoms with E-state index in [0.29, 0.717) is 0 Å². The molecular formula is C23H40N6. The number of hydrogen-bond acceptors (Lipinski definition) is 4. The molecule has 6 heteroatoms. The van der Waals surface area contributed by atoms with Gasteiger partial charge in [-0.3, -0.25) is 9.89 Å². The first-order valence-electron chi connectivity index (χ1n) is 11.4. The van der Waals surface area contributed by atoms with Gasteiger partial charge in [0.05, 0.1) is 0 Å². The lowest BCUT2D eigenvalue weighted by atomic mass is 10.2. The lowest BCUT2D eigenvalue weighted by Crippen LogP contribution is -2.52. The SMILES string of the molecule is CCN1CCN(CCCCNC(=NC)N2CCN(Cc3ccccc3)CC2)CC1. The van der Waals surface area contributed by atoms with E-state index < -0.39 is 0 Å². The normalized spacial score (nSPS) is 20.2. The zero-order chi connectivity index (χ0) is 20.3. The average Bonchev–Trinajstić information content (AvgIpc) is 2.78. The van der Waals surface area contributed by atoms with Crippen LogP contribution in [-0.4, -0.2) is 105 Å². The molecule has 0 radical (unpaired) electrons. The number of piperazine rings is 2. The molecule has 1 aromatic carbocycles.